The maximum absolute atomic E-state index is 5.51. The highest BCUT2D eigenvalue weighted by Crippen LogP contribution is 2.22. The van der Waals surface area contributed by atoms with Gasteiger partial charge in [-0.25, -0.2) is 15.0 Å². The van der Waals surface area contributed by atoms with Gasteiger partial charge in [-0.05, 0) is 24.8 Å². The summed E-state index contributed by atoms with van der Waals surface area (Å²) < 4.78 is 0. The number of nitrogens with one attached hydrogen (secondary N) is 1. The molecular weight excluding hydrogens is 200 g/mol. The topological polar surface area (TPSA) is 93.4 Å². The number of nitrogen functional groups attached to an aromatic ring is 1. The molecule has 0 aliphatic carbocycles. The van der Waals surface area contributed by atoms with Crippen LogP contribution in [0.5, 0.6) is 0 Å². The van der Waals surface area contributed by atoms with E-state index in [9.17, 15) is 0 Å². The van der Waals surface area contributed by atoms with Crippen molar-refractivity contribution in [2.24, 2.45) is 0 Å². The highest BCUT2D eigenvalue weighted by Gasteiger charge is 2.03. The molecule has 6 nitrogen and oxygen atoms in total. The number of rotatable bonds is 2. The van der Waals surface area contributed by atoms with Crippen molar-refractivity contribution in [3.05, 3.63) is 18.1 Å². The number of nitrogens with two attached hydrogens (primary N) is 1. The Bertz CT molecular complexity index is 405. The Kier molecular flexibility index (Phi) is 2.32. The third-order valence-electron chi connectivity index (χ3n) is 1.44. The smallest absolute Gasteiger partial charge is 0.221 e. The molecule has 0 spiro atoms. The van der Waals surface area contributed by atoms with Crippen LogP contribution in [-0.4, -0.2) is 25.1 Å². The first-order valence-corrected chi connectivity index (χ1v) is 4.70. The van der Waals surface area contributed by atoms with Gasteiger partial charge in [-0.1, -0.05) is 0 Å². The minimum atomic E-state index is 0.270. The first-order chi connectivity index (χ1) is 6.74. The summed E-state index contributed by atoms with van der Waals surface area (Å²) in [5.41, 5.74) is 6.34. The predicted molar refractivity (Wildman–Crippen MR) is 51.7 cm³/mol. The molecule has 0 bridgehead atoms. The lowest BCUT2D eigenvalue weighted by Gasteiger charge is -1.99. The summed E-state index contributed by atoms with van der Waals surface area (Å²) in [4.78, 5) is 12.0. The number of hydrogen-bond donors (Lipinski definition) is 2. The van der Waals surface area contributed by atoms with Gasteiger partial charge in [0.15, 0.2) is 5.16 Å². The lowest BCUT2D eigenvalue weighted by atomic mass is 10.5. The van der Waals surface area contributed by atoms with Gasteiger partial charge in [-0.3, -0.25) is 5.10 Å². The van der Waals surface area contributed by atoms with Crippen LogP contribution < -0.4 is 5.73 Å². The zero-order valence-corrected chi connectivity index (χ0v) is 8.25. The van der Waals surface area contributed by atoms with E-state index >= 15 is 0 Å². The van der Waals surface area contributed by atoms with Crippen LogP contribution >= 0.6 is 11.8 Å². The van der Waals surface area contributed by atoms with Crippen LogP contribution in [-0.2, 0) is 0 Å². The van der Waals surface area contributed by atoms with Crippen molar-refractivity contribution >= 4 is 17.7 Å². The van der Waals surface area contributed by atoms with Gasteiger partial charge in [-0.2, -0.15) is 5.10 Å². The molecule has 0 saturated heterocycles. The number of H-pyrrole nitrogens is 1. The van der Waals surface area contributed by atoms with Crippen LogP contribution in [0, 0.1) is 6.92 Å². The van der Waals surface area contributed by atoms with Crippen LogP contribution in [0.1, 0.15) is 5.69 Å². The summed E-state index contributed by atoms with van der Waals surface area (Å²) in [6.45, 7) is 1.86. The van der Waals surface area contributed by atoms with Crippen LogP contribution in [0.15, 0.2) is 22.6 Å². The van der Waals surface area contributed by atoms with Gasteiger partial charge in [0.1, 0.15) is 11.4 Å². The fraction of sp³-hybridized carbons (Fsp3) is 0.143. The summed E-state index contributed by atoms with van der Waals surface area (Å²) in [5, 5.41) is 7.90. The number of aromatic amines is 1. The zero-order chi connectivity index (χ0) is 9.97. The second kappa shape index (κ2) is 3.62. The van der Waals surface area contributed by atoms with Crippen LogP contribution in [0.4, 0.5) is 5.95 Å². The van der Waals surface area contributed by atoms with E-state index in [1.807, 2.05) is 13.0 Å². The second-order valence-electron chi connectivity index (χ2n) is 2.60. The summed E-state index contributed by atoms with van der Waals surface area (Å²) in [7, 11) is 0. The molecule has 72 valence electrons. The van der Waals surface area contributed by atoms with E-state index in [1.165, 1.54) is 18.1 Å². The number of nitrogens with zero attached hydrogens (tertiary/aromatic N) is 4. The van der Waals surface area contributed by atoms with Gasteiger partial charge >= 0.3 is 0 Å². The van der Waals surface area contributed by atoms with Gasteiger partial charge in [-0.15, -0.1) is 0 Å². The Labute approximate surface area is 84.4 Å². The lowest BCUT2D eigenvalue weighted by molar-refractivity contribution is 0.960. The molecule has 2 heterocycles. The summed E-state index contributed by atoms with van der Waals surface area (Å²) in [6.07, 6.45) is 1.44. The Morgan fingerprint density at radius 1 is 1.43 bits per heavy atom. The third kappa shape index (κ3) is 1.99. The molecule has 0 aromatic carbocycles. The molecule has 0 aliphatic rings. The van der Waals surface area contributed by atoms with Gasteiger partial charge in [0.25, 0.3) is 0 Å². The molecule has 0 fully saturated rings. The number of hydrogen-bond acceptors (Lipinski definition) is 6. The Morgan fingerprint density at radius 3 is 2.93 bits per heavy atom. The minimum absolute atomic E-state index is 0.270. The average molecular weight is 208 g/mol. The van der Waals surface area contributed by atoms with E-state index < -0.39 is 0 Å². The highest BCUT2D eigenvalue weighted by molar-refractivity contribution is 7.99. The molecule has 2 rings (SSSR count). The van der Waals surface area contributed by atoms with E-state index in [4.69, 9.17) is 5.73 Å². The maximum atomic E-state index is 5.51. The fourth-order valence-electron chi connectivity index (χ4n) is 0.957. The summed E-state index contributed by atoms with van der Waals surface area (Å²) in [5.74, 6) is 0.270. The van der Waals surface area contributed by atoms with Crippen molar-refractivity contribution in [1.82, 2.24) is 25.1 Å². The maximum Gasteiger partial charge on any atom is 0.221 e. The van der Waals surface area contributed by atoms with Crippen molar-refractivity contribution in [2.45, 2.75) is 17.1 Å². The van der Waals surface area contributed by atoms with Crippen LogP contribution in [0.3, 0.4) is 0 Å². The third-order valence-corrected chi connectivity index (χ3v) is 2.25. The van der Waals surface area contributed by atoms with Gasteiger partial charge in [0, 0.05) is 5.69 Å². The number of anilines is 1. The van der Waals surface area contributed by atoms with Gasteiger partial charge in [0.2, 0.25) is 5.95 Å². The molecule has 0 atom stereocenters. The quantitative estimate of drug-likeness (QED) is 0.703. The SMILES string of the molecule is Cc1cc(Sc2ncn[nH]2)nc(N)n1. The normalized spacial score (nSPS) is 10.4. The molecule has 0 saturated carbocycles. The van der Waals surface area contributed by atoms with E-state index in [1.54, 1.807) is 0 Å². The minimum Gasteiger partial charge on any atom is -0.368 e. The molecule has 2 aromatic heterocycles. The molecular formula is C7H8N6S. The molecule has 0 unspecified atom stereocenters. The first kappa shape index (κ1) is 8.95. The van der Waals surface area contributed by atoms with Crippen LogP contribution in [0.25, 0.3) is 0 Å². The first-order valence-electron chi connectivity index (χ1n) is 3.88. The number of aromatic nitrogens is 5. The fourth-order valence-corrected chi connectivity index (χ4v) is 1.72. The second-order valence-corrected chi connectivity index (χ2v) is 3.61. The Morgan fingerprint density at radius 2 is 2.29 bits per heavy atom. The van der Waals surface area contributed by atoms with Crippen molar-refractivity contribution < 1.29 is 0 Å². The van der Waals surface area contributed by atoms with Gasteiger partial charge in [0.05, 0.1) is 0 Å². The standard InChI is InChI=1S/C7H8N6S/c1-4-2-5(12-6(8)11-4)14-7-9-3-10-13-7/h2-3H,1H3,(H2,8,11,12)(H,9,10,13). The molecule has 0 aliphatic heterocycles. The summed E-state index contributed by atoms with van der Waals surface area (Å²) in [6, 6.07) is 1.84. The molecule has 14 heavy (non-hydrogen) atoms. The lowest BCUT2D eigenvalue weighted by Crippen LogP contribution is -1.97. The molecule has 2 aromatic rings. The van der Waals surface area contributed by atoms with Crippen LogP contribution in [0.2, 0.25) is 0 Å². The van der Waals surface area contributed by atoms with E-state index in [-0.39, 0.29) is 5.95 Å². The molecule has 0 radical (unpaired) electrons. The average Bonchev–Trinajstić information content (AvgIpc) is 2.54. The molecule has 3 N–H and O–H groups in total. The van der Waals surface area contributed by atoms with Crippen molar-refractivity contribution in [1.29, 1.82) is 0 Å². The zero-order valence-electron chi connectivity index (χ0n) is 7.43. The van der Waals surface area contributed by atoms with Crippen molar-refractivity contribution in [2.75, 3.05) is 5.73 Å². The highest BCUT2D eigenvalue weighted by atomic mass is 32.2. The van der Waals surface area contributed by atoms with E-state index in [2.05, 4.69) is 25.1 Å². The Balaban J connectivity index is 2.25. The van der Waals surface area contributed by atoms with Crippen molar-refractivity contribution in [3.63, 3.8) is 0 Å². The van der Waals surface area contributed by atoms with E-state index in [0.717, 1.165) is 10.7 Å². The van der Waals surface area contributed by atoms with E-state index in [0.29, 0.717) is 5.16 Å². The van der Waals surface area contributed by atoms with Gasteiger partial charge < -0.3 is 5.73 Å². The predicted octanol–water partition coefficient (Wildman–Crippen LogP) is 0.637. The van der Waals surface area contributed by atoms with Crippen molar-refractivity contribution in [3.8, 4) is 0 Å². The largest absolute Gasteiger partial charge is 0.368 e. The molecule has 7 heteroatoms. The monoisotopic (exact) mass is 208 g/mol. The Hall–Kier alpha value is -1.63. The summed E-state index contributed by atoms with van der Waals surface area (Å²) >= 11 is 1.36. The molecule has 0 amide bonds. The number of aryl methyl sites for hydroxylation is 1.